The third kappa shape index (κ3) is 3.23. The number of aromatic nitrogens is 1. The molecule has 2 nitrogen and oxygen atoms in total. The van der Waals surface area contributed by atoms with E-state index >= 15 is 0 Å². The van der Waals surface area contributed by atoms with Crippen LogP contribution >= 0.6 is 27.7 Å². The monoisotopic (exact) mass is 308 g/mol. The summed E-state index contributed by atoms with van der Waals surface area (Å²) in [7, 11) is 0. The second-order valence-corrected chi connectivity index (χ2v) is 5.35. The summed E-state index contributed by atoms with van der Waals surface area (Å²) in [4.78, 5) is 5.71. The molecule has 0 saturated carbocycles. The zero-order valence-electron chi connectivity index (χ0n) is 9.70. The number of hydrogen-bond donors (Lipinski definition) is 1. The zero-order valence-corrected chi connectivity index (χ0v) is 12.1. The Labute approximate surface area is 114 Å². The second-order valence-electron chi connectivity index (χ2n) is 3.62. The van der Waals surface area contributed by atoms with Gasteiger partial charge < -0.3 is 5.32 Å². The van der Waals surface area contributed by atoms with Crippen molar-refractivity contribution in [2.24, 2.45) is 0 Å². The van der Waals surface area contributed by atoms with Crippen LogP contribution in [-0.4, -0.2) is 11.2 Å². The van der Waals surface area contributed by atoms with E-state index in [1.807, 2.05) is 19.1 Å². The van der Waals surface area contributed by atoms with Crippen molar-refractivity contribution in [3.05, 3.63) is 46.6 Å². The average Bonchev–Trinajstić information content (AvgIpc) is 2.35. The smallest absolute Gasteiger partial charge is 0.130 e. The molecule has 1 N–H and O–H groups in total. The molecule has 1 aromatic carbocycles. The van der Waals surface area contributed by atoms with Gasteiger partial charge in [-0.1, -0.05) is 0 Å². The summed E-state index contributed by atoms with van der Waals surface area (Å²) < 4.78 is 1.03. The van der Waals surface area contributed by atoms with Crippen molar-refractivity contribution in [2.75, 3.05) is 11.6 Å². The van der Waals surface area contributed by atoms with Gasteiger partial charge >= 0.3 is 0 Å². The van der Waals surface area contributed by atoms with Crippen molar-refractivity contribution in [1.82, 2.24) is 4.98 Å². The number of nitrogens with zero attached hydrogens (tertiary/aromatic N) is 1. The molecule has 0 saturated heterocycles. The molecule has 0 bridgehead atoms. The van der Waals surface area contributed by atoms with Crippen LogP contribution in [-0.2, 0) is 0 Å². The number of pyridine rings is 1. The van der Waals surface area contributed by atoms with E-state index in [-0.39, 0.29) is 0 Å². The van der Waals surface area contributed by atoms with E-state index < -0.39 is 0 Å². The predicted octanol–water partition coefficient (Wildman–Crippen LogP) is 4.62. The van der Waals surface area contributed by atoms with Crippen molar-refractivity contribution < 1.29 is 0 Å². The van der Waals surface area contributed by atoms with Crippen LogP contribution in [0.2, 0.25) is 0 Å². The molecule has 0 aliphatic carbocycles. The maximum absolute atomic E-state index is 4.45. The summed E-state index contributed by atoms with van der Waals surface area (Å²) in [6.07, 6.45) is 2.07. The van der Waals surface area contributed by atoms with Gasteiger partial charge in [-0.25, -0.2) is 4.98 Å². The molecular formula is C13H13BrN2S. The molecule has 2 aromatic rings. The van der Waals surface area contributed by atoms with E-state index in [4.69, 9.17) is 0 Å². The normalized spacial score (nSPS) is 10.3. The van der Waals surface area contributed by atoms with E-state index in [2.05, 4.69) is 56.8 Å². The van der Waals surface area contributed by atoms with Gasteiger partial charge in [-0.15, -0.1) is 11.8 Å². The van der Waals surface area contributed by atoms with E-state index in [0.29, 0.717) is 0 Å². The Balaban J connectivity index is 2.16. The molecular weight excluding hydrogens is 296 g/mol. The SMILES string of the molecule is CSc1ccc(Nc2ccc(Br)c(C)n2)cc1. The molecule has 0 atom stereocenters. The maximum atomic E-state index is 4.45. The Morgan fingerprint density at radius 2 is 1.82 bits per heavy atom. The Bertz CT molecular complexity index is 511. The highest BCUT2D eigenvalue weighted by Crippen LogP contribution is 2.22. The van der Waals surface area contributed by atoms with Crippen LogP contribution < -0.4 is 5.32 Å². The fourth-order valence-electron chi connectivity index (χ4n) is 1.44. The number of aryl methyl sites for hydroxylation is 1. The van der Waals surface area contributed by atoms with Crippen molar-refractivity contribution in [3.8, 4) is 0 Å². The van der Waals surface area contributed by atoms with E-state index in [9.17, 15) is 0 Å². The first-order chi connectivity index (χ1) is 8.19. The van der Waals surface area contributed by atoms with Crippen molar-refractivity contribution in [1.29, 1.82) is 0 Å². The van der Waals surface area contributed by atoms with E-state index in [0.717, 1.165) is 21.7 Å². The van der Waals surface area contributed by atoms with Crippen molar-refractivity contribution in [3.63, 3.8) is 0 Å². The third-order valence-electron chi connectivity index (χ3n) is 2.38. The van der Waals surface area contributed by atoms with Crippen LogP contribution in [0.4, 0.5) is 11.5 Å². The summed E-state index contributed by atoms with van der Waals surface area (Å²) >= 11 is 5.18. The number of halogens is 1. The van der Waals surface area contributed by atoms with Crippen LogP contribution in [0.3, 0.4) is 0 Å². The fourth-order valence-corrected chi connectivity index (χ4v) is 2.06. The summed E-state index contributed by atoms with van der Waals surface area (Å²) in [6.45, 7) is 1.98. The molecule has 0 radical (unpaired) electrons. The number of rotatable bonds is 3. The van der Waals surface area contributed by atoms with Crippen LogP contribution in [0.15, 0.2) is 45.8 Å². The highest BCUT2D eigenvalue weighted by atomic mass is 79.9. The molecule has 2 rings (SSSR count). The first kappa shape index (κ1) is 12.5. The molecule has 1 heterocycles. The number of hydrogen-bond acceptors (Lipinski definition) is 3. The quantitative estimate of drug-likeness (QED) is 0.838. The van der Waals surface area contributed by atoms with Gasteiger partial charge in [-0.05, 0) is 65.5 Å². The van der Waals surface area contributed by atoms with Gasteiger partial charge in [0.15, 0.2) is 0 Å². The summed E-state index contributed by atoms with van der Waals surface area (Å²) in [5.74, 6) is 0.864. The average molecular weight is 309 g/mol. The van der Waals surface area contributed by atoms with Crippen molar-refractivity contribution in [2.45, 2.75) is 11.8 Å². The molecule has 1 aromatic heterocycles. The largest absolute Gasteiger partial charge is 0.340 e. The molecule has 0 fully saturated rings. The second kappa shape index (κ2) is 5.56. The van der Waals surface area contributed by atoms with Gasteiger partial charge in [0.2, 0.25) is 0 Å². The lowest BCUT2D eigenvalue weighted by molar-refractivity contribution is 1.18. The summed E-state index contributed by atoms with van der Waals surface area (Å²) in [5.41, 5.74) is 2.03. The van der Waals surface area contributed by atoms with Crippen molar-refractivity contribution >= 4 is 39.2 Å². The minimum Gasteiger partial charge on any atom is -0.340 e. The van der Waals surface area contributed by atoms with Crippen LogP contribution in [0.1, 0.15) is 5.69 Å². The fraction of sp³-hybridized carbons (Fsp3) is 0.154. The first-order valence-corrected chi connectivity index (χ1v) is 7.25. The summed E-state index contributed by atoms with van der Waals surface area (Å²) in [6, 6.07) is 12.3. The number of thioether (sulfide) groups is 1. The first-order valence-electron chi connectivity index (χ1n) is 5.23. The van der Waals surface area contributed by atoms with Crippen LogP contribution in [0.25, 0.3) is 0 Å². The van der Waals surface area contributed by atoms with Gasteiger partial charge in [0, 0.05) is 15.1 Å². The maximum Gasteiger partial charge on any atom is 0.130 e. The minimum absolute atomic E-state index is 0.864. The lowest BCUT2D eigenvalue weighted by Gasteiger charge is -2.07. The molecule has 4 heteroatoms. The molecule has 0 aliphatic rings. The van der Waals surface area contributed by atoms with Gasteiger partial charge in [0.25, 0.3) is 0 Å². The minimum atomic E-state index is 0.864. The van der Waals surface area contributed by atoms with Gasteiger partial charge in [0.1, 0.15) is 5.82 Å². The molecule has 88 valence electrons. The van der Waals surface area contributed by atoms with Crippen LogP contribution in [0, 0.1) is 6.92 Å². The van der Waals surface area contributed by atoms with Crippen LogP contribution in [0.5, 0.6) is 0 Å². The number of anilines is 2. The molecule has 0 amide bonds. The molecule has 0 unspecified atom stereocenters. The Morgan fingerprint density at radius 1 is 1.12 bits per heavy atom. The highest BCUT2D eigenvalue weighted by Gasteiger charge is 1.99. The Morgan fingerprint density at radius 3 is 2.41 bits per heavy atom. The summed E-state index contributed by atoms with van der Waals surface area (Å²) in [5, 5.41) is 3.28. The third-order valence-corrected chi connectivity index (χ3v) is 3.97. The lowest BCUT2D eigenvalue weighted by Crippen LogP contribution is -1.95. The van der Waals surface area contributed by atoms with E-state index in [1.54, 1.807) is 11.8 Å². The lowest BCUT2D eigenvalue weighted by atomic mass is 10.3. The molecule has 0 aliphatic heterocycles. The zero-order chi connectivity index (χ0) is 12.3. The van der Waals surface area contributed by atoms with Gasteiger partial charge in [0.05, 0.1) is 5.69 Å². The van der Waals surface area contributed by atoms with Gasteiger partial charge in [-0.3, -0.25) is 0 Å². The van der Waals surface area contributed by atoms with E-state index in [1.165, 1.54) is 4.90 Å². The predicted molar refractivity (Wildman–Crippen MR) is 78.2 cm³/mol. The Hall–Kier alpha value is -1.00. The number of benzene rings is 1. The topological polar surface area (TPSA) is 24.9 Å². The number of nitrogens with one attached hydrogen (secondary N) is 1. The molecule has 17 heavy (non-hydrogen) atoms. The standard InChI is InChI=1S/C13H13BrN2S/c1-9-12(14)7-8-13(15-9)16-10-3-5-11(17-2)6-4-10/h3-8H,1-2H3,(H,15,16). The Kier molecular flexibility index (Phi) is 4.07. The highest BCUT2D eigenvalue weighted by molar-refractivity contribution is 9.10. The molecule has 0 spiro atoms. The van der Waals surface area contributed by atoms with Gasteiger partial charge in [-0.2, -0.15) is 0 Å².